The normalized spacial score (nSPS) is 11.7. The van der Waals surface area contributed by atoms with Crippen molar-refractivity contribution in [2.24, 2.45) is 5.73 Å². The SMILES string of the molecule is CCOC(=O)C(N)C(=O)Nc1ccccc1-n1cnnn1. The first-order valence-corrected chi connectivity index (χ1v) is 6.19. The number of nitrogens with zero attached hydrogens (tertiary/aromatic N) is 4. The van der Waals surface area contributed by atoms with Crippen LogP contribution in [0.1, 0.15) is 6.92 Å². The van der Waals surface area contributed by atoms with Gasteiger partial charge in [-0.25, -0.2) is 4.79 Å². The molecule has 21 heavy (non-hydrogen) atoms. The molecule has 0 saturated carbocycles. The lowest BCUT2D eigenvalue weighted by molar-refractivity contribution is -0.146. The van der Waals surface area contributed by atoms with E-state index in [1.165, 1.54) is 11.0 Å². The molecule has 3 N–H and O–H groups in total. The molecule has 2 rings (SSSR count). The predicted octanol–water partition coefficient (Wildman–Crippen LogP) is -0.509. The van der Waals surface area contributed by atoms with Gasteiger partial charge in [-0.1, -0.05) is 12.1 Å². The third kappa shape index (κ3) is 3.39. The second-order valence-corrected chi connectivity index (χ2v) is 3.99. The molecule has 110 valence electrons. The van der Waals surface area contributed by atoms with Crippen molar-refractivity contribution in [1.82, 2.24) is 20.2 Å². The Kier molecular flexibility index (Phi) is 4.57. The average Bonchev–Trinajstić information content (AvgIpc) is 3.01. The summed E-state index contributed by atoms with van der Waals surface area (Å²) in [6.07, 6.45) is 1.39. The number of anilines is 1. The molecule has 1 atom stereocenters. The standard InChI is InChI=1S/C12H14N6O3/c1-2-21-12(20)10(13)11(19)15-8-5-3-4-6-9(8)18-7-14-16-17-18/h3-7,10H,2,13H2,1H3,(H,15,19). The molecule has 0 aliphatic carbocycles. The molecule has 1 aromatic carbocycles. The van der Waals surface area contributed by atoms with Crippen LogP contribution in [0.5, 0.6) is 0 Å². The van der Waals surface area contributed by atoms with Gasteiger partial charge in [-0.15, -0.1) is 5.10 Å². The van der Waals surface area contributed by atoms with Crippen molar-refractivity contribution in [3.8, 4) is 5.69 Å². The zero-order chi connectivity index (χ0) is 15.2. The number of carbonyl (C=O) groups is 2. The number of hydrogen-bond acceptors (Lipinski definition) is 7. The molecule has 1 aromatic heterocycles. The van der Waals surface area contributed by atoms with Crippen molar-refractivity contribution in [2.75, 3.05) is 11.9 Å². The van der Waals surface area contributed by atoms with Gasteiger partial charge in [-0.2, -0.15) is 4.68 Å². The summed E-state index contributed by atoms with van der Waals surface area (Å²) >= 11 is 0. The minimum atomic E-state index is -1.40. The summed E-state index contributed by atoms with van der Waals surface area (Å²) in [5.41, 5.74) is 6.50. The summed E-state index contributed by atoms with van der Waals surface area (Å²) in [7, 11) is 0. The summed E-state index contributed by atoms with van der Waals surface area (Å²) in [5.74, 6) is -1.45. The predicted molar refractivity (Wildman–Crippen MR) is 72.4 cm³/mol. The maximum Gasteiger partial charge on any atom is 0.332 e. The summed E-state index contributed by atoms with van der Waals surface area (Å²) in [4.78, 5) is 23.4. The van der Waals surface area contributed by atoms with Crippen molar-refractivity contribution in [2.45, 2.75) is 13.0 Å². The van der Waals surface area contributed by atoms with Crippen LogP contribution in [-0.4, -0.2) is 44.7 Å². The maximum atomic E-state index is 12.0. The molecular weight excluding hydrogens is 276 g/mol. The number of ether oxygens (including phenoxy) is 1. The zero-order valence-corrected chi connectivity index (χ0v) is 11.3. The van der Waals surface area contributed by atoms with Gasteiger partial charge in [-0.05, 0) is 29.5 Å². The zero-order valence-electron chi connectivity index (χ0n) is 11.3. The van der Waals surface area contributed by atoms with Crippen molar-refractivity contribution < 1.29 is 14.3 Å². The fourth-order valence-electron chi connectivity index (χ4n) is 1.60. The fourth-order valence-corrected chi connectivity index (χ4v) is 1.60. The molecule has 2 aromatic rings. The van der Waals surface area contributed by atoms with E-state index in [2.05, 4.69) is 20.8 Å². The number of nitrogens with one attached hydrogen (secondary N) is 1. The van der Waals surface area contributed by atoms with Gasteiger partial charge in [0, 0.05) is 0 Å². The van der Waals surface area contributed by atoms with Gasteiger partial charge in [0.15, 0.2) is 6.04 Å². The maximum absolute atomic E-state index is 12.0. The number of amides is 1. The lowest BCUT2D eigenvalue weighted by Gasteiger charge is -2.13. The van der Waals surface area contributed by atoms with Crippen molar-refractivity contribution in [3.05, 3.63) is 30.6 Å². The van der Waals surface area contributed by atoms with E-state index in [1.807, 2.05) is 0 Å². The molecule has 1 heterocycles. The second kappa shape index (κ2) is 6.57. The van der Waals surface area contributed by atoms with Crippen LogP contribution in [0.25, 0.3) is 5.69 Å². The Labute approximate surface area is 120 Å². The van der Waals surface area contributed by atoms with E-state index in [-0.39, 0.29) is 6.61 Å². The topological polar surface area (TPSA) is 125 Å². The van der Waals surface area contributed by atoms with Crippen LogP contribution in [0, 0.1) is 0 Å². The van der Waals surface area contributed by atoms with E-state index >= 15 is 0 Å². The first kappa shape index (κ1) is 14.6. The van der Waals surface area contributed by atoms with Gasteiger partial charge in [0.05, 0.1) is 18.0 Å². The molecular formula is C12H14N6O3. The van der Waals surface area contributed by atoms with Crippen LogP contribution in [0.15, 0.2) is 30.6 Å². The molecule has 0 bridgehead atoms. The molecule has 9 nitrogen and oxygen atoms in total. The highest BCUT2D eigenvalue weighted by Crippen LogP contribution is 2.18. The molecule has 9 heteroatoms. The Balaban J connectivity index is 2.17. The van der Waals surface area contributed by atoms with E-state index in [1.54, 1.807) is 31.2 Å². The van der Waals surface area contributed by atoms with E-state index < -0.39 is 17.9 Å². The monoisotopic (exact) mass is 290 g/mol. The Hall–Kier alpha value is -2.81. The lowest BCUT2D eigenvalue weighted by atomic mass is 10.2. The van der Waals surface area contributed by atoms with Crippen molar-refractivity contribution in [1.29, 1.82) is 0 Å². The number of rotatable bonds is 5. The second-order valence-electron chi connectivity index (χ2n) is 3.99. The highest BCUT2D eigenvalue weighted by atomic mass is 16.5. The van der Waals surface area contributed by atoms with E-state index in [0.717, 1.165) is 0 Å². The van der Waals surface area contributed by atoms with Gasteiger partial charge in [-0.3, -0.25) is 4.79 Å². The third-order valence-corrected chi connectivity index (χ3v) is 2.58. The van der Waals surface area contributed by atoms with E-state index in [9.17, 15) is 9.59 Å². The fraction of sp³-hybridized carbons (Fsp3) is 0.250. The summed E-state index contributed by atoms with van der Waals surface area (Å²) in [6, 6.07) is 5.44. The Bertz CT molecular complexity index is 628. The number of tetrazole rings is 1. The number of benzene rings is 1. The minimum absolute atomic E-state index is 0.154. The van der Waals surface area contributed by atoms with Gasteiger partial charge in [0.2, 0.25) is 0 Å². The molecule has 0 saturated heterocycles. The quantitative estimate of drug-likeness (QED) is 0.561. The summed E-state index contributed by atoms with van der Waals surface area (Å²) in [6.45, 7) is 1.79. The largest absolute Gasteiger partial charge is 0.464 e. The molecule has 0 aliphatic rings. The Morgan fingerprint density at radius 1 is 1.43 bits per heavy atom. The number of nitrogens with two attached hydrogens (primary N) is 1. The number of carbonyl (C=O) groups excluding carboxylic acids is 2. The smallest absolute Gasteiger partial charge is 0.332 e. The van der Waals surface area contributed by atoms with Gasteiger partial charge in [0.25, 0.3) is 5.91 Å². The third-order valence-electron chi connectivity index (χ3n) is 2.58. The first-order valence-electron chi connectivity index (χ1n) is 6.19. The highest BCUT2D eigenvalue weighted by Gasteiger charge is 2.24. The van der Waals surface area contributed by atoms with Crippen LogP contribution >= 0.6 is 0 Å². The van der Waals surface area contributed by atoms with Crippen LogP contribution in [0.4, 0.5) is 5.69 Å². The number of esters is 1. The van der Waals surface area contributed by atoms with Gasteiger partial charge < -0.3 is 15.8 Å². The molecule has 1 amide bonds. The lowest BCUT2D eigenvalue weighted by Crippen LogP contribution is -2.43. The molecule has 0 radical (unpaired) electrons. The summed E-state index contributed by atoms with van der Waals surface area (Å²) in [5, 5.41) is 13.4. The number of hydrogen-bond donors (Lipinski definition) is 2. The highest BCUT2D eigenvalue weighted by molar-refractivity contribution is 6.08. The molecule has 1 unspecified atom stereocenters. The number of aromatic nitrogens is 4. The van der Waals surface area contributed by atoms with Crippen molar-refractivity contribution >= 4 is 17.6 Å². The molecule has 0 fully saturated rings. The molecule has 0 aliphatic heterocycles. The Morgan fingerprint density at radius 3 is 2.86 bits per heavy atom. The Morgan fingerprint density at radius 2 is 2.19 bits per heavy atom. The molecule has 0 spiro atoms. The summed E-state index contributed by atoms with van der Waals surface area (Å²) < 4.78 is 6.08. The van der Waals surface area contributed by atoms with Crippen LogP contribution < -0.4 is 11.1 Å². The van der Waals surface area contributed by atoms with Crippen molar-refractivity contribution in [3.63, 3.8) is 0 Å². The van der Waals surface area contributed by atoms with E-state index in [0.29, 0.717) is 11.4 Å². The first-order chi connectivity index (χ1) is 10.1. The van der Waals surface area contributed by atoms with Crippen LogP contribution in [0.3, 0.4) is 0 Å². The van der Waals surface area contributed by atoms with Crippen LogP contribution in [0.2, 0.25) is 0 Å². The van der Waals surface area contributed by atoms with E-state index in [4.69, 9.17) is 10.5 Å². The average molecular weight is 290 g/mol. The van der Waals surface area contributed by atoms with Gasteiger partial charge >= 0.3 is 5.97 Å². The van der Waals surface area contributed by atoms with Gasteiger partial charge in [0.1, 0.15) is 6.33 Å². The minimum Gasteiger partial charge on any atom is -0.464 e. The van der Waals surface area contributed by atoms with Crippen LogP contribution in [-0.2, 0) is 14.3 Å². The number of para-hydroxylation sites is 2.